The van der Waals surface area contributed by atoms with Crippen molar-refractivity contribution in [2.45, 2.75) is 19.1 Å². The van der Waals surface area contributed by atoms with Crippen molar-refractivity contribution in [3.8, 4) is 17.1 Å². The Labute approximate surface area is 223 Å². The Morgan fingerprint density at radius 1 is 1.34 bits per heavy atom. The number of fused-ring (bicyclic) bond motifs is 1. The van der Waals surface area contributed by atoms with E-state index in [-0.39, 0.29) is 12.1 Å². The molecule has 2 aromatic heterocycles. The molecule has 2 unspecified atom stereocenters. The Morgan fingerprint density at radius 3 is 2.95 bits per heavy atom. The van der Waals surface area contributed by atoms with E-state index < -0.39 is 18.9 Å². The molecule has 3 heterocycles. The van der Waals surface area contributed by atoms with Gasteiger partial charge in [-0.3, -0.25) is 4.79 Å². The van der Waals surface area contributed by atoms with Crippen molar-refractivity contribution in [1.82, 2.24) is 15.0 Å². The lowest BCUT2D eigenvalue weighted by Gasteiger charge is -2.33. The highest BCUT2D eigenvalue weighted by molar-refractivity contribution is 6.32. The fourth-order valence-corrected chi connectivity index (χ4v) is 4.96. The summed E-state index contributed by atoms with van der Waals surface area (Å²) in [7, 11) is 1.53. The number of anilines is 2. The Bertz CT molecular complexity index is 1510. The van der Waals surface area contributed by atoms with Gasteiger partial charge in [0.25, 0.3) is 5.56 Å². The van der Waals surface area contributed by atoms with Gasteiger partial charge in [-0.2, -0.15) is 0 Å². The van der Waals surface area contributed by atoms with Gasteiger partial charge in [0.2, 0.25) is 0 Å². The van der Waals surface area contributed by atoms with Crippen molar-refractivity contribution in [2.75, 3.05) is 50.2 Å². The van der Waals surface area contributed by atoms with E-state index in [9.17, 15) is 14.3 Å². The summed E-state index contributed by atoms with van der Waals surface area (Å²) in [5.41, 5.74) is 4.50. The second-order valence-electron chi connectivity index (χ2n) is 9.22. The summed E-state index contributed by atoms with van der Waals surface area (Å²) in [5, 5.41) is 14.3. The van der Waals surface area contributed by atoms with E-state index in [0.29, 0.717) is 53.1 Å². The number of methoxy groups -OCH3 is 1. The number of morpholine rings is 1. The van der Waals surface area contributed by atoms with E-state index in [1.807, 2.05) is 19.1 Å². The van der Waals surface area contributed by atoms with Gasteiger partial charge in [0.15, 0.2) is 0 Å². The number of aromatic nitrogens is 3. The lowest BCUT2D eigenvalue weighted by Crippen LogP contribution is -2.43. The number of halogens is 2. The summed E-state index contributed by atoms with van der Waals surface area (Å²) in [6.07, 6.45) is 0.210. The SMILES string of the molecule is COc1ccc(C(O)CNc2cc[nH]c(=O)c2-c2nc3c(C)cc(N4CCOC(CF)C4)cc3[nH]2)cc1Cl. The molecule has 38 heavy (non-hydrogen) atoms. The quantitative estimate of drug-likeness (QED) is 0.264. The molecule has 9 nitrogen and oxygen atoms in total. The van der Waals surface area contributed by atoms with Crippen LogP contribution < -0.4 is 20.5 Å². The zero-order valence-corrected chi connectivity index (χ0v) is 21.8. The van der Waals surface area contributed by atoms with Crippen LogP contribution in [0, 0.1) is 6.92 Å². The summed E-state index contributed by atoms with van der Waals surface area (Å²) in [6.45, 7) is 3.15. The lowest BCUT2D eigenvalue weighted by atomic mass is 10.1. The molecule has 0 radical (unpaired) electrons. The molecular formula is C27H29ClFN5O4. The number of pyridine rings is 1. The molecule has 200 valence electrons. The molecule has 0 aliphatic carbocycles. The molecule has 0 spiro atoms. The first-order valence-corrected chi connectivity index (χ1v) is 12.7. The second-order valence-corrected chi connectivity index (χ2v) is 9.63. The highest BCUT2D eigenvalue weighted by atomic mass is 35.5. The summed E-state index contributed by atoms with van der Waals surface area (Å²) in [6, 6.07) is 10.8. The number of aliphatic hydroxyl groups is 1. The maximum Gasteiger partial charge on any atom is 0.261 e. The fraction of sp³-hybridized carbons (Fsp3) is 0.333. The van der Waals surface area contributed by atoms with Crippen LogP contribution >= 0.6 is 11.6 Å². The molecule has 4 N–H and O–H groups in total. The number of aliphatic hydroxyl groups excluding tert-OH is 1. The number of aromatic amines is 2. The van der Waals surface area contributed by atoms with Crippen molar-refractivity contribution in [2.24, 2.45) is 0 Å². The first kappa shape index (κ1) is 26.0. The third kappa shape index (κ3) is 5.20. The molecule has 2 atom stereocenters. The number of nitrogens with zero attached hydrogens (tertiary/aromatic N) is 2. The zero-order valence-electron chi connectivity index (χ0n) is 21.1. The van der Waals surface area contributed by atoms with Gasteiger partial charge < -0.3 is 34.8 Å². The third-order valence-corrected chi connectivity index (χ3v) is 6.98. The highest BCUT2D eigenvalue weighted by Crippen LogP contribution is 2.31. The molecule has 11 heteroatoms. The molecule has 1 fully saturated rings. The molecule has 4 aromatic rings. The topological polar surface area (TPSA) is 116 Å². The van der Waals surface area contributed by atoms with Gasteiger partial charge in [-0.05, 0) is 48.4 Å². The molecule has 1 aliphatic rings. The molecule has 1 aliphatic heterocycles. The normalized spacial score (nSPS) is 16.6. The Morgan fingerprint density at radius 2 is 2.18 bits per heavy atom. The Balaban J connectivity index is 1.42. The number of hydrogen-bond donors (Lipinski definition) is 4. The molecule has 0 saturated carbocycles. The number of rotatable bonds is 8. The fourth-order valence-electron chi connectivity index (χ4n) is 4.70. The van der Waals surface area contributed by atoms with Crippen LogP contribution in [0.4, 0.5) is 15.8 Å². The van der Waals surface area contributed by atoms with Crippen molar-refractivity contribution in [1.29, 1.82) is 0 Å². The van der Waals surface area contributed by atoms with E-state index in [2.05, 4.69) is 20.2 Å². The zero-order chi connectivity index (χ0) is 26.8. The molecule has 0 amide bonds. The number of ether oxygens (including phenoxy) is 2. The van der Waals surface area contributed by atoms with Gasteiger partial charge in [0.1, 0.15) is 29.9 Å². The van der Waals surface area contributed by atoms with Crippen molar-refractivity contribution in [3.05, 3.63) is 69.1 Å². The number of aryl methyl sites for hydroxylation is 1. The van der Waals surface area contributed by atoms with Crippen LogP contribution in [0.5, 0.6) is 5.75 Å². The maximum absolute atomic E-state index is 13.2. The number of nitrogens with one attached hydrogen (secondary N) is 3. The highest BCUT2D eigenvalue weighted by Gasteiger charge is 2.22. The first-order valence-electron chi connectivity index (χ1n) is 12.3. The van der Waals surface area contributed by atoms with Crippen LogP contribution in [0.3, 0.4) is 0 Å². The predicted octanol–water partition coefficient (Wildman–Crippen LogP) is 4.21. The van der Waals surface area contributed by atoms with E-state index >= 15 is 0 Å². The van der Waals surface area contributed by atoms with Gasteiger partial charge in [0.05, 0.1) is 41.6 Å². The maximum atomic E-state index is 13.2. The van der Waals surface area contributed by atoms with Crippen molar-refractivity contribution >= 4 is 34.0 Å². The minimum absolute atomic E-state index is 0.134. The monoisotopic (exact) mass is 541 g/mol. The molecule has 2 aromatic carbocycles. The largest absolute Gasteiger partial charge is 0.495 e. The van der Waals surface area contributed by atoms with E-state index in [1.54, 1.807) is 24.3 Å². The van der Waals surface area contributed by atoms with Gasteiger partial charge in [0, 0.05) is 31.5 Å². The molecule has 5 rings (SSSR count). The average molecular weight is 542 g/mol. The van der Waals surface area contributed by atoms with E-state index in [4.69, 9.17) is 26.1 Å². The van der Waals surface area contributed by atoms with Crippen LogP contribution in [0.25, 0.3) is 22.4 Å². The Hall–Kier alpha value is -3.60. The van der Waals surface area contributed by atoms with Crippen LogP contribution in [0.2, 0.25) is 5.02 Å². The minimum Gasteiger partial charge on any atom is -0.495 e. The smallest absolute Gasteiger partial charge is 0.261 e. The van der Waals surface area contributed by atoms with Crippen LogP contribution in [-0.4, -0.2) is 66.2 Å². The van der Waals surface area contributed by atoms with Gasteiger partial charge in [-0.25, -0.2) is 9.37 Å². The second kappa shape index (κ2) is 11.0. The minimum atomic E-state index is -0.882. The first-order chi connectivity index (χ1) is 18.4. The number of alkyl halides is 1. The number of benzene rings is 2. The van der Waals surface area contributed by atoms with Crippen LogP contribution in [0.1, 0.15) is 17.2 Å². The van der Waals surface area contributed by atoms with Gasteiger partial charge >= 0.3 is 0 Å². The average Bonchev–Trinajstić information content (AvgIpc) is 3.36. The Kier molecular flexibility index (Phi) is 7.55. The van der Waals surface area contributed by atoms with Crippen LogP contribution in [-0.2, 0) is 4.74 Å². The van der Waals surface area contributed by atoms with Crippen molar-refractivity contribution < 1.29 is 19.0 Å². The number of hydrogen-bond acceptors (Lipinski definition) is 7. The van der Waals surface area contributed by atoms with Crippen molar-refractivity contribution in [3.63, 3.8) is 0 Å². The van der Waals surface area contributed by atoms with Gasteiger partial charge in [-0.15, -0.1) is 0 Å². The van der Waals surface area contributed by atoms with Gasteiger partial charge in [-0.1, -0.05) is 17.7 Å². The van der Waals surface area contributed by atoms with E-state index in [1.165, 1.54) is 13.3 Å². The summed E-state index contributed by atoms with van der Waals surface area (Å²) < 4.78 is 23.8. The molecule has 0 bridgehead atoms. The number of H-pyrrole nitrogens is 2. The summed E-state index contributed by atoms with van der Waals surface area (Å²) in [4.78, 5) is 25.7. The predicted molar refractivity (Wildman–Crippen MR) is 146 cm³/mol. The molecule has 1 saturated heterocycles. The van der Waals surface area contributed by atoms with E-state index in [0.717, 1.165) is 22.3 Å². The standard InChI is InChI=1S/C27H29ClFN5O4/c1-15-9-17(34-7-8-38-18(12-29)14-34)11-21-25(15)33-26(32-21)24-20(5-6-30-27(24)36)31-13-22(35)16-3-4-23(37-2)19(28)10-16/h3-6,9-11,18,22,35H,7-8,12-14H2,1-2H3,(H,32,33)(H2,30,31,36). The third-order valence-electron chi connectivity index (χ3n) is 6.68. The number of imidazole rings is 1. The van der Waals surface area contributed by atoms with Crippen LogP contribution in [0.15, 0.2) is 47.4 Å². The summed E-state index contributed by atoms with van der Waals surface area (Å²) >= 11 is 6.20. The molecular weight excluding hydrogens is 513 g/mol. The lowest BCUT2D eigenvalue weighted by molar-refractivity contribution is 0.0247. The summed E-state index contributed by atoms with van der Waals surface area (Å²) in [5.74, 6) is 0.918.